The minimum absolute atomic E-state index is 0.801. The molecule has 1 N–H and O–H groups in total. The van der Waals surface area contributed by atoms with Crippen LogP contribution >= 0.6 is 15.9 Å². The zero-order valence-electron chi connectivity index (χ0n) is 10.7. The van der Waals surface area contributed by atoms with Gasteiger partial charge in [-0.2, -0.15) is 0 Å². The average molecular weight is 297 g/mol. The topological polar surface area (TPSA) is 15.3 Å². The second-order valence-electron chi connectivity index (χ2n) is 4.84. The molecule has 1 aromatic rings. The molecule has 17 heavy (non-hydrogen) atoms. The Balaban J connectivity index is 1.97. The van der Waals surface area contributed by atoms with Gasteiger partial charge in [0.15, 0.2) is 0 Å². The molecule has 0 radical (unpaired) electrons. The molecule has 1 atom stereocenters. The molecule has 1 fully saturated rings. The Morgan fingerprint density at radius 2 is 2.29 bits per heavy atom. The summed E-state index contributed by atoms with van der Waals surface area (Å²) in [6, 6.07) is 6.66. The van der Waals surface area contributed by atoms with Crippen LogP contribution in [0.2, 0.25) is 0 Å². The van der Waals surface area contributed by atoms with Gasteiger partial charge >= 0.3 is 0 Å². The molecule has 3 heteroatoms. The summed E-state index contributed by atoms with van der Waals surface area (Å²) in [5, 5.41) is 3.45. The van der Waals surface area contributed by atoms with Crippen molar-refractivity contribution in [2.45, 2.75) is 20.3 Å². The SMILES string of the molecule is CCNCC1CCN(c2ccc(C)c(Br)c2)C1. The maximum atomic E-state index is 3.61. The smallest absolute Gasteiger partial charge is 0.0377 e. The first-order chi connectivity index (χ1) is 8.20. The van der Waals surface area contributed by atoms with Crippen molar-refractivity contribution >= 4 is 21.6 Å². The Morgan fingerprint density at radius 1 is 1.47 bits per heavy atom. The molecule has 0 bridgehead atoms. The average Bonchev–Trinajstić information content (AvgIpc) is 2.79. The van der Waals surface area contributed by atoms with Gasteiger partial charge in [0.05, 0.1) is 0 Å². The van der Waals surface area contributed by atoms with Crippen LogP contribution in [0.15, 0.2) is 22.7 Å². The highest BCUT2D eigenvalue weighted by molar-refractivity contribution is 9.10. The molecular weight excluding hydrogens is 276 g/mol. The van der Waals surface area contributed by atoms with Gasteiger partial charge in [-0.15, -0.1) is 0 Å². The lowest BCUT2D eigenvalue weighted by molar-refractivity contribution is 0.528. The maximum Gasteiger partial charge on any atom is 0.0377 e. The van der Waals surface area contributed by atoms with Crippen LogP contribution in [-0.4, -0.2) is 26.2 Å². The first kappa shape index (κ1) is 12.9. The van der Waals surface area contributed by atoms with Gasteiger partial charge in [0, 0.05) is 23.2 Å². The molecule has 1 saturated heterocycles. The van der Waals surface area contributed by atoms with Gasteiger partial charge in [-0.1, -0.05) is 28.9 Å². The molecular formula is C14H21BrN2. The Bertz CT molecular complexity index is 378. The minimum Gasteiger partial charge on any atom is -0.371 e. The van der Waals surface area contributed by atoms with Crippen molar-refractivity contribution in [2.75, 3.05) is 31.1 Å². The van der Waals surface area contributed by atoms with Crippen LogP contribution in [0, 0.1) is 12.8 Å². The van der Waals surface area contributed by atoms with E-state index in [-0.39, 0.29) is 0 Å². The van der Waals surface area contributed by atoms with Crippen LogP contribution in [0.4, 0.5) is 5.69 Å². The number of anilines is 1. The number of benzene rings is 1. The summed E-state index contributed by atoms with van der Waals surface area (Å²) in [5.41, 5.74) is 2.65. The zero-order chi connectivity index (χ0) is 12.3. The predicted octanol–water partition coefficient (Wildman–Crippen LogP) is 3.19. The maximum absolute atomic E-state index is 3.61. The molecule has 0 aliphatic carbocycles. The van der Waals surface area contributed by atoms with E-state index >= 15 is 0 Å². The van der Waals surface area contributed by atoms with E-state index in [2.05, 4.69) is 58.2 Å². The van der Waals surface area contributed by atoms with Crippen molar-refractivity contribution in [1.29, 1.82) is 0 Å². The molecule has 0 saturated carbocycles. The Hall–Kier alpha value is -0.540. The van der Waals surface area contributed by atoms with Crippen LogP contribution in [-0.2, 0) is 0 Å². The molecule has 1 aliphatic rings. The van der Waals surface area contributed by atoms with Gasteiger partial charge in [0.25, 0.3) is 0 Å². The molecule has 2 nitrogen and oxygen atoms in total. The van der Waals surface area contributed by atoms with E-state index in [0.717, 1.165) is 19.0 Å². The van der Waals surface area contributed by atoms with Crippen LogP contribution in [0.25, 0.3) is 0 Å². The van der Waals surface area contributed by atoms with E-state index in [9.17, 15) is 0 Å². The number of hydrogen-bond donors (Lipinski definition) is 1. The highest BCUT2D eigenvalue weighted by Crippen LogP contribution is 2.27. The van der Waals surface area contributed by atoms with E-state index in [0.29, 0.717) is 0 Å². The van der Waals surface area contributed by atoms with E-state index in [1.54, 1.807) is 0 Å². The number of nitrogens with one attached hydrogen (secondary N) is 1. The van der Waals surface area contributed by atoms with E-state index in [1.165, 1.54) is 35.2 Å². The highest BCUT2D eigenvalue weighted by atomic mass is 79.9. The van der Waals surface area contributed by atoms with Crippen molar-refractivity contribution in [3.63, 3.8) is 0 Å². The summed E-state index contributed by atoms with van der Waals surface area (Å²) >= 11 is 3.61. The molecule has 0 amide bonds. The highest BCUT2D eigenvalue weighted by Gasteiger charge is 2.22. The summed E-state index contributed by atoms with van der Waals surface area (Å²) < 4.78 is 1.21. The minimum atomic E-state index is 0.801. The molecule has 94 valence electrons. The fourth-order valence-corrected chi connectivity index (χ4v) is 2.73. The molecule has 1 heterocycles. The fraction of sp³-hybridized carbons (Fsp3) is 0.571. The summed E-state index contributed by atoms with van der Waals surface area (Å²) in [7, 11) is 0. The van der Waals surface area contributed by atoms with Gasteiger partial charge in [0.1, 0.15) is 0 Å². The van der Waals surface area contributed by atoms with E-state index in [1.807, 2.05) is 0 Å². The second kappa shape index (κ2) is 5.87. The van der Waals surface area contributed by atoms with Gasteiger partial charge in [0.2, 0.25) is 0 Å². The van der Waals surface area contributed by atoms with Crippen LogP contribution < -0.4 is 10.2 Å². The molecule has 1 aliphatic heterocycles. The number of aryl methyl sites for hydroxylation is 1. The van der Waals surface area contributed by atoms with Gasteiger partial charge < -0.3 is 10.2 Å². The number of nitrogens with zero attached hydrogens (tertiary/aromatic N) is 1. The molecule has 0 spiro atoms. The van der Waals surface area contributed by atoms with E-state index in [4.69, 9.17) is 0 Å². The third-order valence-electron chi connectivity index (χ3n) is 3.49. The predicted molar refractivity (Wildman–Crippen MR) is 77.7 cm³/mol. The second-order valence-corrected chi connectivity index (χ2v) is 5.70. The normalized spacial score (nSPS) is 19.9. The lowest BCUT2D eigenvalue weighted by Gasteiger charge is -2.19. The first-order valence-electron chi connectivity index (χ1n) is 6.42. The van der Waals surface area contributed by atoms with Crippen LogP contribution in [0.3, 0.4) is 0 Å². The van der Waals surface area contributed by atoms with E-state index < -0.39 is 0 Å². The van der Waals surface area contributed by atoms with Gasteiger partial charge in [-0.3, -0.25) is 0 Å². The van der Waals surface area contributed by atoms with Crippen LogP contribution in [0.5, 0.6) is 0 Å². The first-order valence-corrected chi connectivity index (χ1v) is 7.22. The zero-order valence-corrected chi connectivity index (χ0v) is 12.3. The molecule has 1 unspecified atom stereocenters. The molecule has 2 rings (SSSR count). The summed E-state index contributed by atoms with van der Waals surface area (Å²) in [4.78, 5) is 2.49. The van der Waals surface area contributed by atoms with Crippen molar-refractivity contribution in [2.24, 2.45) is 5.92 Å². The summed E-state index contributed by atoms with van der Waals surface area (Å²) in [6.45, 7) is 8.90. The lowest BCUT2D eigenvalue weighted by atomic mass is 10.1. The summed E-state index contributed by atoms with van der Waals surface area (Å²) in [6.07, 6.45) is 1.30. The van der Waals surface area contributed by atoms with Crippen LogP contribution in [0.1, 0.15) is 18.9 Å². The molecule has 0 aromatic heterocycles. The summed E-state index contributed by atoms with van der Waals surface area (Å²) in [5.74, 6) is 0.801. The van der Waals surface area contributed by atoms with Crippen molar-refractivity contribution < 1.29 is 0 Å². The Morgan fingerprint density at radius 3 is 3.00 bits per heavy atom. The standard InChI is InChI=1S/C14H21BrN2/c1-3-16-9-12-6-7-17(10-12)13-5-4-11(2)14(15)8-13/h4-5,8,12,16H,3,6-7,9-10H2,1-2H3. The largest absolute Gasteiger partial charge is 0.371 e. The Labute approximate surface area is 113 Å². The number of halogens is 1. The van der Waals surface area contributed by atoms with Gasteiger partial charge in [-0.05, 0) is 50.0 Å². The monoisotopic (exact) mass is 296 g/mol. The van der Waals surface area contributed by atoms with Crippen molar-refractivity contribution in [3.05, 3.63) is 28.2 Å². The van der Waals surface area contributed by atoms with Crippen molar-refractivity contribution in [1.82, 2.24) is 5.32 Å². The third-order valence-corrected chi connectivity index (χ3v) is 4.34. The Kier molecular flexibility index (Phi) is 4.46. The lowest BCUT2D eigenvalue weighted by Crippen LogP contribution is -2.26. The van der Waals surface area contributed by atoms with Crippen molar-refractivity contribution in [3.8, 4) is 0 Å². The quantitative estimate of drug-likeness (QED) is 0.918. The number of rotatable bonds is 4. The fourth-order valence-electron chi connectivity index (χ4n) is 2.36. The third kappa shape index (κ3) is 3.23. The van der Waals surface area contributed by atoms with Gasteiger partial charge in [-0.25, -0.2) is 0 Å². The number of hydrogen-bond acceptors (Lipinski definition) is 2. The molecule has 1 aromatic carbocycles.